The van der Waals surface area contributed by atoms with Crippen molar-refractivity contribution in [3.63, 3.8) is 0 Å². The Kier molecular flexibility index (Phi) is 3.55. The first-order valence-corrected chi connectivity index (χ1v) is 7.04. The van der Waals surface area contributed by atoms with Gasteiger partial charge in [0.2, 0.25) is 0 Å². The Hall–Kier alpha value is -2.08. The Bertz CT molecular complexity index is 668. The fourth-order valence-corrected chi connectivity index (χ4v) is 2.26. The summed E-state index contributed by atoms with van der Waals surface area (Å²) in [6.45, 7) is 1.88. The van der Waals surface area contributed by atoms with Crippen LogP contribution in [0.1, 0.15) is 53.8 Å². The van der Waals surface area contributed by atoms with Gasteiger partial charge in [0.25, 0.3) is 0 Å². The van der Waals surface area contributed by atoms with E-state index in [1.807, 2.05) is 13.0 Å². The molecular weight excluding hydrogens is 294 g/mol. The highest BCUT2D eigenvalue weighted by molar-refractivity contribution is 6.35. The van der Waals surface area contributed by atoms with Gasteiger partial charge in [-0.05, 0) is 31.9 Å². The summed E-state index contributed by atoms with van der Waals surface area (Å²) in [4.78, 5) is 19.7. The molecule has 0 spiro atoms. The second kappa shape index (κ2) is 5.37. The molecule has 1 fully saturated rings. The average Bonchev–Trinajstić information content (AvgIpc) is 3.14. The van der Waals surface area contributed by atoms with Crippen molar-refractivity contribution in [2.24, 2.45) is 0 Å². The lowest BCUT2D eigenvalue weighted by molar-refractivity contribution is 0.0690. The number of carboxylic acid groups (broad SMARTS) is 1. The van der Waals surface area contributed by atoms with Crippen LogP contribution in [0.4, 0.5) is 5.82 Å². The van der Waals surface area contributed by atoms with E-state index in [1.54, 1.807) is 12.3 Å². The largest absolute Gasteiger partial charge is 0.476 e. The number of halogens is 1. The van der Waals surface area contributed by atoms with Crippen LogP contribution in [0.2, 0.25) is 5.02 Å². The lowest BCUT2D eigenvalue weighted by atomic mass is 10.2. The summed E-state index contributed by atoms with van der Waals surface area (Å²) in [5.74, 6) is 0.660. The third kappa shape index (κ3) is 2.85. The number of nitrogens with one attached hydrogen (secondary N) is 1. The van der Waals surface area contributed by atoms with Crippen molar-refractivity contribution in [2.45, 2.75) is 31.7 Å². The maximum absolute atomic E-state index is 11.3. The SMILES string of the molecule is CC(Nc1nc(C2CC2)nc(C(=O)O)c1Cl)c1ccco1. The van der Waals surface area contributed by atoms with Crippen LogP contribution in [0, 0.1) is 0 Å². The number of aromatic carboxylic acids is 1. The first-order chi connectivity index (χ1) is 10.1. The maximum atomic E-state index is 11.3. The average molecular weight is 308 g/mol. The molecule has 0 aliphatic heterocycles. The summed E-state index contributed by atoms with van der Waals surface area (Å²) in [7, 11) is 0. The second-order valence-corrected chi connectivity index (χ2v) is 5.43. The summed E-state index contributed by atoms with van der Waals surface area (Å²) >= 11 is 6.11. The molecule has 1 aliphatic rings. The number of nitrogens with zero attached hydrogens (tertiary/aromatic N) is 2. The molecule has 110 valence electrons. The van der Waals surface area contributed by atoms with E-state index in [4.69, 9.17) is 16.0 Å². The van der Waals surface area contributed by atoms with Gasteiger partial charge >= 0.3 is 5.97 Å². The summed E-state index contributed by atoms with van der Waals surface area (Å²) in [5.41, 5.74) is -0.164. The van der Waals surface area contributed by atoms with Crippen molar-refractivity contribution in [1.29, 1.82) is 0 Å². The number of furan rings is 1. The quantitative estimate of drug-likeness (QED) is 0.879. The molecule has 2 N–H and O–H groups in total. The van der Waals surface area contributed by atoms with E-state index in [2.05, 4.69) is 15.3 Å². The Labute approximate surface area is 126 Å². The van der Waals surface area contributed by atoms with Crippen molar-refractivity contribution in [3.05, 3.63) is 40.7 Å². The Morgan fingerprint density at radius 3 is 2.86 bits per heavy atom. The molecule has 0 amide bonds. The molecule has 7 heteroatoms. The summed E-state index contributed by atoms with van der Waals surface area (Å²) in [6, 6.07) is 3.43. The van der Waals surface area contributed by atoms with E-state index in [9.17, 15) is 9.90 Å². The predicted octanol–water partition coefficient (Wildman–Crippen LogP) is 3.47. The van der Waals surface area contributed by atoms with Crippen LogP contribution in [0.5, 0.6) is 0 Å². The van der Waals surface area contributed by atoms with Crippen LogP contribution < -0.4 is 5.32 Å². The van der Waals surface area contributed by atoms with Gasteiger partial charge in [0, 0.05) is 5.92 Å². The van der Waals surface area contributed by atoms with E-state index < -0.39 is 5.97 Å². The molecule has 2 aromatic heterocycles. The fourth-order valence-electron chi connectivity index (χ4n) is 2.04. The van der Waals surface area contributed by atoms with Gasteiger partial charge in [-0.25, -0.2) is 14.8 Å². The van der Waals surface area contributed by atoms with Crippen LogP contribution in [-0.2, 0) is 0 Å². The van der Waals surface area contributed by atoms with Crippen molar-refractivity contribution < 1.29 is 14.3 Å². The first kappa shape index (κ1) is 13.9. The van der Waals surface area contributed by atoms with Gasteiger partial charge in [-0.1, -0.05) is 11.6 Å². The van der Waals surface area contributed by atoms with Gasteiger partial charge in [0.05, 0.1) is 12.3 Å². The molecule has 21 heavy (non-hydrogen) atoms. The van der Waals surface area contributed by atoms with E-state index in [1.165, 1.54) is 0 Å². The van der Waals surface area contributed by atoms with Crippen LogP contribution in [0.3, 0.4) is 0 Å². The number of hydrogen-bond donors (Lipinski definition) is 2. The zero-order valence-electron chi connectivity index (χ0n) is 11.3. The van der Waals surface area contributed by atoms with Gasteiger partial charge in [0.1, 0.15) is 22.4 Å². The van der Waals surface area contributed by atoms with E-state index in [0.717, 1.165) is 18.6 Å². The van der Waals surface area contributed by atoms with Gasteiger partial charge < -0.3 is 14.8 Å². The summed E-state index contributed by atoms with van der Waals surface area (Å²) in [5, 5.41) is 12.3. The molecule has 0 aromatic carbocycles. The minimum atomic E-state index is -1.15. The third-order valence-corrected chi connectivity index (χ3v) is 3.69. The first-order valence-electron chi connectivity index (χ1n) is 6.67. The van der Waals surface area contributed by atoms with E-state index in [-0.39, 0.29) is 22.7 Å². The molecule has 3 rings (SSSR count). The monoisotopic (exact) mass is 307 g/mol. The topological polar surface area (TPSA) is 88.2 Å². The van der Waals surface area contributed by atoms with Crippen LogP contribution in [0.25, 0.3) is 0 Å². The molecule has 0 bridgehead atoms. The third-order valence-electron chi connectivity index (χ3n) is 3.34. The number of carbonyl (C=O) groups is 1. The van der Waals surface area contributed by atoms with Crippen LogP contribution in [-0.4, -0.2) is 21.0 Å². The van der Waals surface area contributed by atoms with Crippen molar-refractivity contribution in [3.8, 4) is 0 Å². The smallest absolute Gasteiger partial charge is 0.356 e. The second-order valence-electron chi connectivity index (χ2n) is 5.05. The minimum absolute atomic E-state index is 0.0188. The molecule has 6 nitrogen and oxygen atoms in total. The van der Waals surface area contributed by atoms with E-state index in [0.29, 0.717) is 11.6 Å². The predicted molar refractivity (Wildman–Crippen MR) is 76.7 cm³/mol. The molecular formula is C14H14ClN3O3. The molecule has 2 heterocycles. The molecule has 1 unspecified atom stereocenters. The highest BCUT2D eigenvalue weighted by atomic mass is 35.5. The van der Waals surface area contributed by atoms with Crippen LogP contribution >= 0.6 is 11.6 Å². The zero-order chi connectivity index (χ0) is 15.0. The lowest BCUT2D eigenvalue weighted by Gasteiger charge is -2.15. The Morgan fingerprint density at radius 2 is 2.29 bits per heavy atom. The number of anilines is 1. The molecule has 1 saturated carbocycles. The summed E-state index contributed by atoms with van der Waals surface area (Å²) < 4.78 is 5.31. The highest BCUT2D eigenvalue weighted by Crippen LogP contribution is 2.40. The molecule has 2 aromatic rings. The Balaban J connectivity index is 1.94. The van der Waals surface area contributed by atoms with Gasteiger partial charge in [-0.3, -0.25) is 0 Å². The van der Waals surface area contributed by atoms with Crippen molar-refractivity contribution in [2.75, 3.05) is 5.32 Å². The van der Waals surface area contributed by atoms with E-state index >= 15 is 0 Å². The molecule has 1 aliphatic carbocycles. The van der Waals surface area contributed by atoms with Gasteiger partial charge in [-0.15, -0.1) is 0 Å². The molecule has 0 radical (unpaired) electrons. The fraction of sp³-hybridized carbons (Fsp3) is 0.357. The normalized spacial score (nSPS) is 15.7. The molecule has 0 saturated heterocycles. The lowest BCUT2D eigenvalue weighted by Crippen LogP contribution is -2.13. The number of rotatable bonds is 5. The summed E-state index contributed by atoms with van der Waals surface area (Å²) in [6.07, 6.45) is 3.54. The van der Waals surface area contributed by atoms with Gasteiger partial charge in [-0.2, -0.15) is 0 Å². The number of aromatic nitrogens is 2. The minimum Gasteiger partial charge on any atom is -0.476 e. The Morgan fingerprint density at radius 1 is 1.52 bits per heavy atom. The van der Waals surface area contributed by atoms with Crippen molar-refractivity contribution in [1.82, 2.24) is 9.97 Å². The number of hydrogen-bond acceptors (Lipinski definition) is 5. The van der Waals surface area contributed by atoms with Crippen molar-refractivity contribution >= 4 is 23.4 Å². The highest BCUT2D eigenvalue weighted by Gasteiger charge is 2.30. The zero-order valence-corrected chi connectivity index (χ0v) is 12.1. The van der Waals surface area contributed by atoms with Gasteiger partial charge in [0.15, 0.2) is 5.69 Å². The molecule has 1 atom stereocenters. The van der Waals surface area contributed by atoms with Crippen LogP contribution in [0.15, 0.2) is 22.8 Å². The maximum Gasteiger partial charge on any atom is 0.356 e. The standard InChI is InChI=1S/C14H14ClN3O3/c1-7(9-3-2-6-21-9)16-13-10(15)11(14(19)20)17-12(18-13)8-4-5-8/h2-3,6-8H,4-5H2,1H3,(H,19,20)(H,16,17,18). The number of carboxylic acids is 1.